The van der Waals surface area contributed by atoms with Crippen molar-refractivity contribution in [3.8, 4) is 11.5 Å². The Bertz CT molecular complexity index is 1310. The number of ether oxygens (including phenoxy) is 2. The first kappa shape index (κ1) is 24.5. The lowest BCUT2D eigenvalue weighted by atomic mass is 9.98. The molecule has 3 aromatic rings. The number of amides is 1. The fourth-order valence-corrected chi connectivity index (χ4v) is 4.48. The summed E-state index contributed by atoms with van der Waals surface area (Å²) in [7, 11) is 1.52. The Balaban J connectivity index is 1.87. The van der Waals surface area contributed by atoms with Gasteiger partial charge in [-0.2, -0.15) is 0 Å². The van der Waals surface area contributed by atoms with E-state index in [4.69, 9.17) is 13.9 Å². The van der Waals surface area contributed by atoms with Crippen LogP contribution in [0.4, 0.5) is 4.39 Å². The summed E-state index contributed by atoms with van der Waals surface area (Å²) in [5.41, 5.74) is 0.631. The second kappa shape index (κ2) is 10.3. The van der Waals surface area contributed by atoms with E-state index in [0.717, 1.165) is 19.2 Å². The SMILES string of the molecule is C=CCOc1ccc(C2c3c(oc4ccc(F)cc4c3=O)C(=O)N2CCN(CC)CC)cc1OC. The van der Waals surface area contributed by atoms with Crippen LogP contribution in [-0.4, -0.2) is 55.6 Å². The average molecular weight is 481 g/mol. The highest BCUT2D eigenvalue weighted by Crippen LogP contribution is 2.40. The van der Waals surface area contributed by atoms with Gasteiger partial charge in [-0.1, -0.05) is 32.6 Å². The molecule has 1 amide bonds. The van der Waals surface area contributed by atoms with Gasteiger partial charge in [0.1, 0.15) is 18.0 Å². The molecule has 0 fully saturated rings. The molecule has 0 bridgehead atoms. The quantitative estimate of drug-likeness (QED) is 0.401. The maximum absolute atomic E-state index is 14.0. The number of likely N-dealkylation sites (N-methyl/N-ethyl adjacent to an activating group) is 1. The smallest absolute Gasteiger partial charge is 0.290 e. The van der Waals surface area contributed by atoms with Gasteiger partial charge in [0.2, 0.25) is 5.76 Å². The highest BCUT2D eigenvalue weighted by molar-refractivity contribution is 5.99. The molecule has 1 aliphatic heterocycles. The number of hydrogen-bond donors (Lipinski definition) is 0. The fraction of sp³-hybridized carbons (Fsp3) is 0.333. The van der Waals surface area contributed by atoms with E-state index in [1.807, 2.05) is 0 Å². The van der Waals surface area contributed by atoms with Gasteiger partial charge in [0.15, 0.2) is 16.9 Å². The van der Waals surface area contributed by atoms with E-state index in [9.17, 15) is 14.0 Å². The first-order valence-corrected chi connectivity index (χ1v) is 11.6. The van der Waals surface area contributed by atoms with E-state index < -0.39 is 17.3 Å². The van der Waals surface area contributed by atoms with Crippen LogP contribution >= 0.6 is 0 Å². The third-order valence-corrected chi connectivity index (χ3v) is 6.34. The van der Waals surface area contributed by atoms with Crippen molar-refractivity contribution in [3.63, 3.8) is 0 Å². The highest BCUT2D eigenvalue weighted by Gasteiger charge is 2.43. The third-order valence-electron chi connectivity index (χ3n) is 6.34. The molecule has 1 aliphatic rings. The fourth-order valence-electron chi connectivity index (χ4n) is 4.48. The topological polar surface area (TPSA) is 72.2 Å². The Hall–Kier alpha value is -3.65. The number of fused-ring (bicyclic) bond motifs is 2. The number of carbonyl (C=O) groups is 1. The summed E-state index contributed by atoms with van der Waals surface area (Å²) < 4.78 is 31.0. The predicted octanol–water partition coefficient (Wildman–Crippen LogP) is 4.39. The van der Waals surface area contributed by atoms with Crippen molar-refractivity contribution in [1.29, 1.82) is 0 Å². The van der Waals surface area contributed by atoms with Gasteiger partial charge < -0.3 is 23.7 Å². The summed E-state index contributed by atoms with van der Waals surface area (Å²) in [5, 5.41) is 0.102. The van der Waals surface area contributed by atoms with Gasteiger partial charge in [-0.15, -0.1) is 0 Å². The molecule has 2 aromatic carbocycles. The Morgan fingerprint density at radius 2 is 1.91 bits per heavy atom. The van der Waals surface area contributed by atoms with Crippen molar-refractivity contribution < 1.29 is 23.1 Å². The lowest BCUT2D eigenvalue weighted by Gasteiger charge is -2.28. The molecule has 1 aromatic heterocycles. The van der Waals surface area contributed by atoms with Crippen LogP contribution in [0.5, 0.6) is 11.5 Å². The van der Waals surface area contributed by atoms with Crippen LogP contribution in [-0.2, 0) is 0 Å². The molecule has 0 spiro atoms. The molecule has 35 heavy (non-hydrogen) atoms. The maximum Gasteiger partial charge on any atom is 0.290 e. The molecule has 184 valence electrons. The van der Waals surface area contributed by atoms with Crippen molar-refractivity contribution in [1.82, 2.24) is 9.80 Å². The Morgan fingerprint density at radius 3 is 2.60 bits per heavy atom. The first-order chi connectivity index (χ1) is 16.9. The van der Waals surface area contributed by atoms with Gasteiger partial charge in [0.05, 0.1) is 24.1 Å². The molecule has 1 unspecified atom stereocenters. The van der Waals surface area contributed by atoms with Crippen molar-refractivity contribution in [3.05, 3.63) is 82.0 Å². The monoisotopic (exact) mass is 480 g/mol. The van der Waals surface area contributed by atoms with Crippen LogP contribution in [0.15, 0.2) is 58.3 Å². The number of rotatable bonds is 10. The molecule has 7 nitrogen and oxygen atoms in total. The number of methoxy groups -OCH3 is 1. The summed E-state index contributed by atoms with van der Waals surface area (Å²) in [6.45, 7) is 10.8. The summed E-state index contributed by atoms with van der Waals surface area (Å²) in [6, 6.07) is 8.32. The van der Waals surface area contributed by atoms with E-state index in [-0.39, 0.29) is 28.2 Å². The maximum atomic E-state index is 14.0. The van der Waals surface area contributed by atoms with E-state index in [1.165, 1.54) is 19.2 Å². The molecular formula is C27H29FN2O5. The largest absolute Gasteiger partial charge is 0.493 e. The summed E-state index contributed by atoms with van der Waals surface area (Å²) >= 11 is 0. The number of nitrogens with zero attached hydrogens (tertiary/aromatic N) is 2. The van der Waals surface area contributed by atoms with Crippen LogP contribution < -0.4 is 14.9 Å². The summed E-state index contributed by atoms with van der Waals surface area (Å²) in [5.74, 6) is 0.0543. The Morgan fingerprint density at radius 1 is 1.14 bits per heavy atom. The third kappa shape index (κ3) is 4.53. The lowest BCUT2D eigenvalue weighted by molar-refractivity contribution is 0.0708. The summed E-state index contributed by atoms with van der Waals surface area (Å²) in [6.07, 6.45) is 1.63. The van der Waals surface area contributed by atoms with Crippen LogP contribution in [0.2, 0.25) is 0 Å². The van der Waals surface area contributed by atoms with Gasteiger partial charge in [-0.3, -0.25) is 9.59 Å². The molecule has 4 rings (SSSR count). The van der Waals surface area contributed by atoms with Gasteiger partial charge in [-0.25, -0.2) is 4.39 Å². The molecule has 8 heteroatoms. The van der Waals surface area contributed by atoms with Gasteiger partial charge >= 0.3 is 0 Å². The van der Waals surface area contributed by atoms with Crippen molar-refractivity contribution in [2.45, 2.75) is 19.9 Å². The molecule has 0 radical (unpaired) electrons. The van der Waals surface area contributed by atoms with E-state index in [2.05, 4.69) is 25.3 Å². The zero-order chi connectivity index (χ0) is 25.1. The molecule has 2 heterocycles. The molecule has 0 saturated carbocycles. The minimum absolute atomic E-state index is 0.00962. The highest BCUT2D eigenvalue weighted by atomic mass is 19.1. The lowest BCUT2D eigenvalue weighted by Crippen LogP contribution is -2.37. The standard InChI is InChI=1S/C27H29FN2O5/c1-5-14-34-21-10-8-17(15-22(21)33-4)24-23-25(31)19-16-18(28)9-11-20(19)35-26(23)27(32)30(24)13-12-29(6-2)7-3/h5,8-11,15-16,24H,1,6-7,12-14H2,2-4H3. The molecule has 0 saturated heterocycles. The predicted molar refractivity (Wildman–Crippen MR) is 132 cm³/mol. The molecule has 0 N–H and O–H groups in total. The zero-order valence-electron chi connectivity index (χ0n) is 20.2. The zero-order valence-corrected chi connectivity index (χ0v) is 20.2. The van der Waals surface area contributed by atoms with Crippen LogP contribution in [0.25, 0.3) is 11.0 Å². The summed E-state index contributed by atoms with van der Waals surface area (Å²) in [4.78, 5) is 30.9. The van der Waals surface area contributed by atoms with E-state index in [1.54, 1.807) is 29.2 Å². The second-order valence-corrected chi connectivity index (χ2v) is 8.25. The van der Waals surface area contributed by atoms with Crippen LogP contribution in [0, 0.1) is 5.82 Å². The van der Waals surface area contributed by atoms with Gasteiger partial charge in [-0.05, 0) is 49.0 Å². The van der Waals surface area contributed by atoms with Gasteiger partial charge in [0.25, 0.3) is 5.91 Å². The number of halogens is 1. The van der Waals surface area contributed by atoms with Crippen molar-refractivity contribution >= 4 is 16.9 Å². The number of carbonyl (C=O) groups excluding carboxylic acids is 1. The van der Waals surface area contributed by atoms with Crippen LogP contribution in [0.1, 0.15) is 41.6 Å². The average Bonchev–Trinajstić information content (AvgIpc) is 3.15. The molecule has 1 atom stereocenters. The minimum Gasteiger partial charge on any atom is -0.493 e. The molecule has 0 aliphatic carbocycles. The van der Waals surface area contributed by atoms with Crippen molar-refractivity contribution in [2.24, 2.45) is 0 Å². The molecular weight excluding hydrogens is 451 g/mol. The second-order valence-electron chi connectivity index (χ2n) is 8.25. The minimum atomic E-state index is -0.709. The van der Waals surface area contributed by atoms with Crippen molar-refractivity contribution in [2.75, 3.05) is 39.9 Å². The Kier molecular flexibility index (Phi) is 7.21. The van der Waals surface area contributed by atoms with E-state index >= 15 is 0 Å². The number of benzene rings is 2. The van der Waals surface area contributed by atoms with Gasteiger partial charge in [0, 0.05) is 13.1 Å². The Labute approximate surface area is 203 Å². The normalized spacial score (nSPS) is 15.1. The van der Waals surface area contributed by atoms with E-state index in [0.29, 0.717) is 36.8 Å². The first-order valence-electron chi connectivity index (χ1n) is 11.6. The van der Waals surface area contributed by atoms with Crippen LogP contribution in [0.3, 0.4) is 0 Å². The number of hydrogen-bond acceptors (Lipinski definition) is 6.